The van der Waals surface area contributed by atoms with Crippen LogP contribution in [0.25, 0.3) is 20.7 Å². The van der Waals surface area contributed by atoms with Crippen LogP contribution in [0.2, 0.25) is 0 Å². The van der Waals surface area contributed by atoms with Crippen molar-refractivity contribution in [3.8, 4) is 10.4 Å². The first-order valence-electron chi connectivity index (χ1n) is 7.60. The Morgan fingerprint density at radius 2 is 1.75 bits per heavy atom. The third-order valence-electron chi connectivity index (χ3n) is 3.79. The predicted molar refractivity (Wildman–Crippen MR) is 98.5 cm³/mol. The van der Waals surface area contributed by atoms with Crippen LogP contribution in [0.3, 0.4) is 0 Å². The Labute approximate surface area is 143 Å². The molecule has 0 saturated heterocycles. The summed E-state index contributed by atoms with van der Waals surface area (Å²) in [5.41, 5.74) is 3.02. The van der Waals surface area contributed by atoms with Gasteiger partial charge in [0.25, 0.3) is 0 Å². The van der Waals surface area contributed by atoms with Crippen LogP contribution in [0, 0.1) is 0 Å². The zero-order valence-corrected chi connectivity index (χ0v) is 13.6. The zero-order valence-electron chi connectivity index (χ0n) is 12.8. The fourth-order valence-corrected chi connectivity index (χ4v) is 3.53. The molecule has 118 valence electrons. The van der Waals surface area contributed by atoms with Crippen molar-refractivity contribution in [2.24, 2.45) is 0 Å². The molecule has 2 heterocycles. The molecule has 0 bridgehead atoms. The number of para-hydroxylation sites is 1. The average molecular weight is 333 g/mol. The SMILES string of the molecule is OCc1ccc(-c2cc3c(Nc4ccccc4)ncnc3s2)cc1. The van der Waals surface area contributed by atoms with Crippen LogP contribution >= 0.6 is 11.3 Å². The minimum Gasteiger partial charge on any atom is -0.392 e. The normalized spacial score (nSPS) is 10.9. The standard InChI is InChI=1S/C19H15N3OS/c23-11-13-6-8-14(9-7-13)17-10-16-18(20-12-21-19(16)24-17)22-15-4-2-1-3-5-15/h1-10,12,23H,11H2,(H,20,21,22). The number of nitrogens with zero attached hydrogens (tertiary/aromatic N) is 2. The Morgan fingerprint density at radius 3 is 2.50 bits per heavy atom. The van der Waals surface area contributed by atoms with Gasteiger partial charge < -0.3 is 10.4 Å². The molecule has 0 radical (unpaired) electrons. The van der Waals surface area contributed by atoms with Gasteiger partial charge >= 0.3 is 0 Å². The number of thiophene rings is 1. The Hall–Kier alpha value is -2.76. The minimum atomic E-state index is 0.0588. The molecule has 0 saturated carbocycles. The second kappa shape index (κ2) is 6.39. The van der Waals surface area contributed by atoms with E-state index in [1.165, 1.54) is 0 Å². The van der Waals surface area contributed by atoms with Crippen molar-refractivity contribution in [2.45, 2.75) is 6.61 Å². The van der Waals surface area contributed by atoms with E-state index in [0.717, 1.165) is 37.7 Å². The smallest absolute Gasteiger partial charge is 0.142 e. The Kier molecular flexibility index (Phi) is 3.94. The lowest BCUT2D eigenvalue weighted by atomic mass is 10.1. The summed E-state index contributed by atoms with van der Waals surface area (Å²) in [5.74, 6) is 0.806. The van der Waals surface area contributed by atoms with Gasteiger partial charge in [0, 0.05) is 10.6 Å². The monoisotopic (exact) mass is 333 g/mol. The van der Waals surface area contributed by atoms with Crippen LogP contribution in [-0.2, 0) is 6.61 Å². The van der Waals surface area contributed by atoms with E-state index in [4.69, 9.17) is 5.11 Å². The number of fused-ring (bicyclic) bond motifs is 1. The van der Waals surface area contributed by atoms with Crippen LogP contribution in [-0.4, -0.2) is 15.1 Å². The predicted octanol–water partition coefficient (Wildman–Crippen LogP) is 4.59. The average Bonchev–Trinajstić information content (AvgIpc) is 3.08. The van der Waals surface area contributed by atoms with Crippen molar-refractivity contribution in [1.29, 1.82) is 0 Å². The third-order valence-corrected chi connectivity index (χ3v) is 4.88. The summed E-state index contributed by atoms with van der Waals surface area (Å²) in [6, 6.07) is 20.0. The lowest BCUT2D eigenvalue weighted by Crippen LogP contribution is -1.93. The number of nitrogens with one attached hydrogen (secondary N) is 1. The van der Waals surface area contributed by atoms with Crippen LogP contribution in [0.5, 0.6) is 0 Å². The first-order valence-corrected chi connectivity index (χ1v) is 8.42. The van der Waals surface area contributed by atoms with Crippen LogP contribution in [0.1, 0.15) is 5.56 Å². The maximum Gasteiger partial charge on any atom is 0.142 e. The van der Waals surface area contributed by atoms with E-state index in [2.05, 4.69) is 21.4 Å². The molecule has 2 aromatic carbocycles. The molecular weight excluding hydrogens is 318 g/mol. The van der Waals surface area contributed by atoms with E-state index >= 15 is 0 Å². The summed E-state index contributed by atoms with van der Waals surface area (Å²) in [6.45, 7) is 0.0588. The molecule has 0 aliphatic heterocycles. The number of aliphatic hydroxyl groups is 1. The second-order valence-corrected chi connectivity index (χ2v) is 6.43. The zero-order chi connectivity index (χ0) is 16.4. The van der Waals surface area contributed by atoms with E-state index in [1.54, 1.807) is 17.7 Å². The number of rotatable bonds is 4. The summed E-state index contributed by atoms with van der Waals surface area (Å²) in [5, 5.41) is 13.5. The number of aromatic nitrogens is 2. The number of anilines is 2. The summed E-state index contributed by atoms with van der Waals surface area (Å²) in [4.78, 5) is 10.9. The third kappa shape index (κ3) is 2.87. The van der Waals surface area contributed by atoms with E-state index < -0.39 is 0 Å². The molecule has 4 aromatic rings. The van der Waals surface area contributed by atoms with Crippen molar-refractivity contribution in [3.05, 3.63) is 72.6 Å². The van der Waals surface area contributed by atoms with Gasteiger partial charge in [-0.2, -0.15) is 0 Å². The van der Waals surface area contributed by atoms with Gasteiger partial charge in [-0.05, 0) is 29.3 Å². The van der Waals surface area contributed by atoms with E-state index in [-0.39, 0.29) is 6.61 Å². The summed E-state index contributed by atoms with van der Waals surface area (Å²) < 4.78 is 0. The highest BCUT2D eigenvalue weighted by Gasteiger charge is 2.10. The van der Waals surface area contributed by atoms with Gasteiger partial charge in [0.05, 0.1) is 12.0 Å². The molecule has 24 heavy (non-hydrogen) atoms. The number of hydrogen-bond donors (Lipinski definition) is 2. The van der Waals surface area contributed by atoms with Crippen molar-refractivity contribution in [2.75, 3.05) is 5.32 Å². The molecule has 2 N–H and O–H groups in total. The van der Waals surface area contributed by atoms with Gasteiger partial charge in [0.2, 0.25) is 0 Å². The van der Waals surface area contributed by atoms with Gasteiger partial charge in [-0.25, -0.2) is 9.97 Å². The molecule has 0 unspecified atom stereocenters. The van der Waals surface area contributed by atoms with Crippen molar-refractivity contribution < 1.29 is 5.11 Å². The lowest BCUT2D eigenvalue weighted by Gasteiger charge is -2.05. The Bertz CT molecular complexity index is 965. The molecular formula is C19H15N3OS. The van der Waals surface area contributed by atoms with Crippen molar-refractivity contribution >= 4 is 33.1 Å². The Balaban J connectivity index is 1.73. The molecule has 0 atom stereocenters. The topological polar surface area (TPSA) is 58.0 Å². The summed E-state index contributed by atoms with van der Waals surface area (Å²) in [7, 11) is 0. The summed E-state index contributed by atoms with van der Waals surface area (Å²) >= 11 is 1.63. The van der Waals surface area contributed by atoms with Gasteiger partial charge in [0.15, 0.2) is 0 Å². The fraction of sp³-hybridized carbons (Fsp3) is 0.0526. The number of hydrogen-bond acceptors (Lipinski definition) is 5. The molecule has 0 amide bonds. The highest BCUT2D eigenvalue weighted by Crippen LogP contribution is 2.35. The number of benzene rings is 2. The van der Waals surface area contributed by atoms with Crippen molar-refractivity contribution in [3.63, 3.8) is 0 Å². The van der Waals surface area contributed by atoms with Crippen molar-refractivity contribution in [1.82, 2.24) is 9.97 Å². The molecule has 0 aliphatic rings. The first-order chi connectivity index (χ1) is 11.8. The molecule has 0 fully saturated rings. The Morgan fingerprint density at radius 1 is 0.958 bits per heavy atom. The quantitative estimate of drug-likeness (QED) is 0.573. The molecule has 2 aromatic heterocycles. The van der Waals surface area contributed by atoms with Crippen LogP contribution in [0.4, 0.5) is 11.5 Å². The van der Waals surface area contributed by atoms with Gasteiger partial charge in [-0.1, -0.05) is 42.5 Å². The van der Waals surface area contributed by atoms with Crippen LogP contribution < -0.4 is 5.32 Å². The van der Waals surface area contributed by atoms with E-state index in [9.17, 15) is 0 Å². The summed E-state index contributed by atoms with van der Waals surface area (Å²) in [6.07, 6.45) is 1.59. The second-order valence-electron chi connectivity index (χ2n) is 5.40. The van der Waals surface area contributed by atoms with Gasteiger partial charge in [0.1, 0.15) is 17.0 Å². The highest BCUT2D eigenvalue weighted by atomic mass is 32.1. The van der Waals surface area contributed by atoms with E-state index in [1.807, 2.05) is 54.6 Å². The largest absolute Gasteiger partial charge is 0.392 e. The highest BCUT2D eigenvalue weighted by molar-refractivity contribution is 7.21. The molecule has 0 spiro atoms. The first kappa shape index (κ1) is 14.8. The molecule has 4 nitrogen and oxygen atoms in total. The number of aliphatic hydroxyl groups excluding tert-OH is 1. The fourth-order valence-electron chi connectivity index (χ4n) is 2.53. The maximum atomic E-state index is 9.17. The molecule has 4 rings (SSSR count). The van der Waals surface area contributed by atoms with E-state index in [0.29, 0.717) is 0 Å². The molecule has 5 heteroatoms. The lowest BCUT2D eigenvalue weighted by molar-refractivity contribution is 0.282. The van der Waals surface area contributed by atoms with Gasteiger partial charge in [-0.15, -0.1) is 11.3 Å². The van der Waals surface area contributed by atoms with Gasteiger partial charge in [-0.3, -0.25) is 0 Å². The maximum absolute atomic E-state index is 9.17. The minimum absolute atomic E-state index is 0.0588. The van der Waals surface area contributed by atoms with Crippen LogP contribution in [0.15, 0.2) is 67.0 Å². The molecule has 0 aliphatic carbocycles.